The zero-order chi connectivity index (χ0) is 23.3. The molecule has 0 atom stereocenters. The molecule has 0 aliphatic carbocycles. The van der Waals surface area contributed by atoms with Gasteiger partial charge in [0.2, 0.25) is 11.8 Å². The molecule has 0 saturated carbocycles. The van der Waals surface area contributed by atoms with Crippen LogP contribution in [0.4, 0.5) is 0 Å². The maximum absolute atomic E-state index is 13.1. The fourth-order valence-corrected chi connectivity index (χ4v) is 5.18. The van der Waals surface area contributed by atoms with Gasteiger partial charge in [-0.05, 0) is 35.1 Å². The molecular weight excluding hydrogens is 450 g/mol. The highest BCUT2D eigenvalue weighted by atomic mass is 32.1. The van der Waals surface area contributed by atoms with Crippen LogP contribution in [0.25, 0.3) is 10.8 Å². The van der Waals surface area contributed by atoms with Crippen molar-refractivity contribution in [1.29, 1.82) is 0 Å². The molecular formula is C25H31N5O3S. The van der Waals surface area contributed by atoms with Crippen LogP contribution in [0.1, 0.15) is 30.4 Å². The Bertz CT molecular complexity index is 1090. The second-order valence-corrected chi connectivity index (χ2v) is 9.83. The minimum Gasteiger partial charge on any atom is -0.493 e. The highest BCUT2D eigenvalue weighted by molar-refractivity contribution is 7.13. The Hall–Kier alpha value is -2.75. The van der Waals surface area contributed by atoms with Crippen molar-refractivity contribution in [3.63, 3.8) is 0 Å². The molecule has 34 heavy (non-hydrogen) atoms. The third-order valence-electron chi connectivity index (χ3n) is 6.35. The number of hydrogen-bond acceptors (Lipinski definition) is 8. The standard InChI is InChI=1S/C25H31N5O3S/c1-2-8-30(17-23-26-27-25(33-23)22-4-3-14-34-22)24(31)18-29-11-9-28(10-12-29)16-19-5-6-21-20(15-19)7-13-32-21/h3-6,14-15H,2,7-13,16-18H2,1H3. The predicted octanol–water partition coefficient (Wildman–Crippen LogP) is 3.29. The lowest BCUT2D eigenvalue weighted by molar-refractivity contribution is -0.133. The van der Waals surface area contributed by atoms with E-state index in [4.69, 9.17) is 9.15 Å². The highest BCUT2D eigenvalue weighted by Crippen LogP contribution is 2.26. The van der Waals surface area contributed by atoms with Crippen molar-refractivity contribution >= 4 is 17.2 Å². The third kappa shape index (κ3) is 5.48. The number of fused-ring (bicyclic) bond motifs is 1. The first-order valence-corrected chi connectivity index (χ1v) is 12.9. The molecule has 1 aromatic carbocycles. The van der Waals surface area contributed by atoms with E-state index in [1.807, 2.05) is 22.4 Å². The normalized spacial score (nSPS) is 16.4. The number of carbonyl (C=O) groups excluding carboxylic acids is 1. The van der Waals surface area contributed by atoms with Crippen molar-refractivity contribution in [2.24, 2.45) is 0 Å². The summed E-state index contributed by atoms with van der Waals surface area (Å²) in [6.07, 6.45) is 1.89. The van der Waals surface area contributed by atoms with Gasteiger partial charge in [0.1, 0.15) is 5.75 Å². The van der Waals surface area contributed by atoms with Gasteiger partial charge in [-0.25, -0.2) is 0 Å². The fourth-order valence-electron chi connectivity index (χ4n) is 4.54. The minimum absolute atomic E-state index is 0.116. The molecule has 4 heterocycles. The Morgan fingerprint density at radius 1 is 1.15 bits per heavy atom. The molecule has 2 aliphatic heterocycles. The molecule has 3 aromatic rings. The summed E-state index contributed by atoms with van der Waals surface area (Å²) in [4.78, 5) is 20.6. The van der Waals surface area contributed by atoms with Gasteiger partial charge >= 0.3 is 0 Å². The molecule has 9 heteroatoms. The summed E-state index contributed by atoms with van der Waals surface area (Å²) in [6.45, 7) is 8.98. The number of nitrogens with zero attached hydrogens (tertiary/aromatic N) is 5. The molecule has 0 radical (unpaired) electrons. The Balaban J connectivity index is 1.11. The summed E-state index contributed by atoms with van der Waals surface area (Å²) in [5.74, 6) is 2.15. The Labute approximate surface area is 204 Å². The van der Waals surface area contributed by atoms with Crippen molar-refractivity contribution in [3.05, 3.63) is 52.7 Å². The van der Waals surface area contributed by atoms with E-state index in [0.29, 0.717) is 31.4 Å². The van der Waals surface area contributed by atoms with E-state index in [2.05, 4.69) is 45.1 Å². The summed E-state index contributed by atoms with van der Waals surface area (Å²) >= 11 is 1.56. The maximum atomic E-state index is 13.1. The van der Waals surface area contributed by atoms with Crippen LogP contribution >= 0.6 is 11.3 Å². The molecule has 1 saturated heterocycles. The zero-order valence-electron chi connectivity index (χ0n) is 19.6. The van der Waals surface area contributed by atoms with E-state index in [1.165, 1.54) is 11.1 Å². The number of hydrogen-bond donors (Lipinski definition) is 0. The summed E-state index contributed by atoms with van der Waals surface area (Å²) in [5, 5.41) is 10.3. The summed E-state index contributed by atoms with van der Waals surface area (Å²) in [7, 11) is 0. The van der Waals surface area contributed by atoms with Crippen molar-refractivity contribution in [2.75, 3.05) is 45.9 Å². The number of amides is 1. The monoisotopic (exact) mass is 481 g/mol. The van der Waals surface area contributed by atoms with Crippen LogP contribution in [0.2, 0.25) is 0 Å². The third-order valence-corrected chi connectivity index (χ3v) is 7.21. The van der Waals surface area contributed by atoms with Crippen LogP contribution < -0.4 is 4.74 Å². The average Bonchev–Trinajstić information content (AvgIpc) is 3.61. The van der Waals surface area contributed by atoms with Crippen LogP contribution in [0, 0.1) is 0 Å². The highest BCUT2D eigenvalue weighted by Gasteiger charge is 2.23. The van der Waals surface area contributed by atoms with Crippen molar-refractivity contribution < 1.29 is 13.9 Å². The van der Waals surface area contributed by atoms with E-state index >= 15 is 0 Å². The van der Waals surface area contributed by atoms with Gasteiger partial charge in [0, 0.05) is 45.7 Å². The number of ether oxygens (including phenoxy) is 1. The molecule has 2 aliphatic rings. The average molecular weight is 482 g/mol. The van der Waals surface area contributed by atoms with Crippen LogP contribution in [0.5, 0.6) is 5.75 Å². The van der Waals surface area contributed by atoms with Crippen molar-refractivity contribution in [2.45, 2.75) is 32.9 Å². The first-order chi connectivity index (χ1) is 16.7. The second-order valence-electron chi connectivity index (χ2n) is 8.89. The van der Waals surface area contributed by atoms with Crippen LogP contribution in [-0.4, -0.2) is 76.7 Å². The Morgan fingerprint density at radius 2 is 2.00 bits per heavy atom. The molecule has 8 nitrogen and oxygen atoms in total. The van der Waals surface area contributed by atoms with Gasteiger partial charge in [-0.2, -0.15) is 0 Å². The number of carbonyl (C=O) groups is 1. The Kier molecular flexibility index (Phi) is 7.22. The van der Waals surface area contributed by atoms with Gasteiger partial charge in [0.25, 0.3) is 5.89 Å². The van der Waals surface area contributed by atoms with Crippen molar-refractivity contribution in [3.8, 4) is 16.5 Å². The SMILES string of the molecule is CCCN(Cc1nnc(-c2cccs2)o1)C(=O)CN1CCN(Cc2ccc3c(c2)CCO3)CC1. The van der Waals surface area contributed by atoms with Crippen LogP contribution in [-0.2, 0) is 24.3 Å². The number of aromatic nitrogens is 2. The zero-order valence-corrected chi connectivity index (χ0v) is 20.4. The van der Waals surface area contributed by atoms with Gasteiger partial charge in [-0.1, -0.05) is 25.1 Å². The Morgan fingerprint density at radius 3 is 2.79 bits per heavy atom. The van der Waals surface area contributed by atoms with E-state index in [9.17, 15) is 4.79 Å². The van der Waals surface area contributed by atoms with Crippen molar-refractivity contribution in [1.82, 2.24) is 24.9 Å². The molecule has 0 unspecified atom stereocenters. The molecule has 2 aromatic heterocycles. The van der Waals surface area contributed by atoms with E-state index in [0.717, 1.165) is 62.8 Å². The van der Waals surface area contributed by atoms with Gasteiger partial charge in [0.15, 0.2) is 0 Å². The fraction of sp³-hybridized carbons (Fsp3) is 0.480. The predicted molar refractivity (Wildman–Crippen MR) is 131 cm³/mol. The maximum Gasteiger partial charge on any atom is 0.257 e. The summed E-state index contributed by atoms with van der Waals surface area (Å²) in [5.41, 5.74) is 2.66. The first kappa shape index (κ1) is 23.0. The summed E-state index contributed by atoms with van der Waals surface area (Å²) in [6, 6.07) is 10.5. The number of rotatable bonds is 9. The lowest BCUT2D eigenvalue weighted by atomic mass is 10.1. The van der Waals surface area contributed by atoms with Gasteiger partial charge in [0.05, 0.1) is 24.6 Å². The molecule has 1 amide bonds. The molecule has 0 spiro atoms. The molecule has 0 bridgehead atoms. The lowest BCUT2D eigenvalue weighted by Gasteiger charge is -2.35. The van der Waals surface area contributed by atoms with Gasteiger partial charge < -0.3 is 14.1 Å². The van der Waals surface area contributed by atoms with Gasteiger partial charge in [-0.15, -0.1) is 21.5 Å². The molecule has 1 fully saturated rings. The topological polar surface area (TPSA) is 74.9 Å². The number of benzene rings is 1. The van der Waals surface area contributed by atoms with E-state index < -0.39 is 0 Å². The summed E-state index contributed by atoms with van der Waals surface area (Å²) < 4.78 is 11.4. The smallest absolute Gasteiger partial charge is 0.257 e. The van der Waals surface area contributed by atoms with Crippen LogP contribution in [0.15, 0.2) is 40.1 Å². The largest absolute Gasteiger partial charge is 0.493 e. The first-order valence-electron chi connectivity index (χ1n) is 12.0. The minimum atomic E-state index is 0.116. The molecule has 5 rings (SSSR count). The van der Waals surface area contributed by atoms with E-state index in [-0.39, 0.29) is 5.91 Å². The quantitative estimate of drug-likeness (QED) is 0.464. The number of thiophene rings is 1. The molecule has 0 N–H and O–H groups in total. The van der Waals surface area contributed by atoms with E-state index in [1.54, 1.807) is 11.3 Å². The van der Waals surface area contributed by atoms with Gasteiger partial charge in [-0.3, -0.25) is 14.6 Å². The molecule has 180 valence electrons. The second kappa shape index (κ2) is 10.7. The number of piperazine rings is 1. The van der Waals surface area contributed by atoms with Crippen LogP contribution in [0.3, 0.4) is 0 Å². The lowest BCUT2D eigenvalue weighted by Crippen LogP contribution is -2.49.